The van der Waals surface area contributed by atoms with Crippen LogP contribution in [0.25, 0.3) is 0 Å². The SMILES string of the molecule is O=C(Nc1cccs1)N1CCS[C@@H]1c1ccc(OC(F)(F)F)cc1. The molecule has 1 atom stereocenters. The van der Waals surface area contributed by atoms with Gasteiger partial charge in [0.25, 0.3) is 0 Å². The Bertz CT molecular complexity index is 690. The molecule has 9 heteroatoms. The smallest absolute Gasteiger partial charge is 0.406 e. The van der Waals surface area contributed by atoms with Crippen molar-refractivity contribution in [3.63, 3.8) is 0 Å². The lowest BCUT2D eigenvalue weighted by Crippen LogP contribution is -2.34. The Morgan fingerprint density at radius 3 is 2.62 bits per heavy atom. The van der Waals surface area contributed by atoms with Crippen LogP contribution in [0.3, 0.4) is 0 Å². The summed E-state index contributed by atoms with van der Waals surface area (Å²) in [5.74, 6) is 0.493. The third-order valence-corrected chi connectivity index (χ3v) is 5.35. The Hall–Kier alpha value is -1.87. The molecule has 1 aromatic heterocycles. The minimum atomic E-state index is -4.71. The van der Waals surface area contributed by atoms with Gasteiger partial charge in [-0.05, 0) is 35.2 Å². The van der Waals surface area contributed by atoms with Crippen LogP contribution in [0.2, 0.25) is 0 Å². The zero-order chi connectivity index (χ0) is 17.2. The summed E-state index contributed by atoms with van der Waals surface area (Å²) < 4.78 is 40.5. The normalized spacial score (nSPS) is 17.8. The summed E-state index contributed by atoms with van der Waals surface area (Å²) in [5, 5.41) is 5.21. The molecule has 0 spiro atoms. The van der Waals surface area contributed by atoms with Gasteiger partial charge in [0.2, 0.25) is 0 Å². The topological polar surface area (TPSA) is 41.6 Å². The van der Waals surface area contributed by atoms with Crippen LogP contribution in [0, 0.1) is 0 Å². The second kappa shape index (κ2) is 6.94. The molecule has 2 heterocycles. The van der Waals surface area contributed by atoms with Crippen LogP contribution in [-0.2, 0) is 0 Å². The number of benzene rings is 1. The molecule has 2 amide bonds. The minimum absolute atomic E-state index is 0.219. The van der Waals surface area contributed by atoms with E-state index in [4.69, 9.17) is 0 Å². The number of hydrogen-bond acceptors (Lipinski definition) is 4. The number of urea groups is 1. The van der Waals surface area contributed by atoms with E-state index in [2.05, 4.69) is 10.1 Å². The van der Waals surface area contributed by atoms with Crippen molar-refractivity contribution in [3.05, 3.63) is 47.3 Å². The van der Waals surface area contributed by atoms with Gasteiger partial charge in [-0.15, -0.1) is 36.3 Å². The van der Waals surface area contributed by atoms with Crippen LogP contribution in [0.4, 0.5) is 23.0 Å². The first kappa shape index (κ1) is 17.0. The monoisotopic (exact) mass is 374 g/mol. The maximum atomic E-state index is 12.4. The fraction of sp³-hybridized carbons (Fsp3) is 0.267. The molecule has 1 aliphatic heterocycles. The number of amides is 2. The average molecular weight is 374 g/mol. The minimum Gasteiger partial charge on any atom is -0.406 e. The van der Waals surface area contributed by atoms with Gasteiger partial charge in [0.15, 0.2) is 0 Å². The second-order valence-electron chi connectivity index (χ2n) is 4.94. The van der Waals surface area contributed by atoms with Gasteiger partial charge in [0.1, 0.15) is 11.1 Å². The van der Waals surface area contributed by atoms with E-state index < -0.39 is 6.36 Å². The summed E-state index contributed by atoms with van der Waals surface area (Å²) in [5.41, 5.74) is 0.758. The van der Waals surface area contributed by atoms with Gasteiger partial charge in [-0.3, -0.25) is 5.32 Å². The van der Waals surface area contributed by atoms with Gasteiger partial charge >= 0.3 is 12.4 Å². The van der Waals surface area contributed by atoms with Gasteiger partial charge in [-0.25, -0.2) is 4.79 Å². The van der Waals surface area contributed by atoms with Crippen molar-refractivity contribution < 1.29 is 22.7 Å². The Kier molecular flexibility index (Phi) is 4.91. The summed E-state index contributed by atoms with van der Waals surface area (Å²) in [6.45, 7) is 0.577. The summed E-state index contributed by atoms with van der Waals surface area (Å²) in [6, 6.07) is 9.06. The molecule has 1 aromatic carbocycles. The van der Waals surface area contributed by atoms with Crippen molar-refractivity contribution in [1.29, 1.82) is 0 Å². The number of thioether (sulfide) groups is 1. The van der Waals surface area contributed by atoms with Gasteiger partial charge in [0, 0.05) is 12.3 Å². The lowest BCUT2D eigenvalue weighted by molar-refractivity contribution is -0.274. The average Bonchev–Trinajstić information content (AvgIpc) is 3.17. The Labute approximate surface area is 144 Å². The van der Waals surface area contributed by atoms with E-state index in [0.29, 0.717) is 6.54 Å². The van der Waals surface area contributed by atoms with E-state index in [1.54, 1.807) is 28.8 Å². The number of carbonyl (C=O) groups excluding carboxylic acids is 1. The summed E-state index contributed by atoms with van der Waals surface area (Å²) >= 11 is 2.99. The molecule has 1 saturated heterocycles. The van der Waals surface area contributed by atoms with E-state index in [0.717, 1.165) is 16.3 Å². The van der Waals surface area contributed by atoms with Crippen molar-refractivity contribution in [2.45, 2.75) is 11.7 Å². The second-order valence-corrected chi connectivity index (χ2v) is 7.08. The maximum absolute atomic E-state index is 12.4. The highest BCUT2D eigenvalue weighted by Crippen LogP contribution is 2.39. The van der Waals surface area contributed by atoms with Crippen LogP contribution >= 0.6 is 23.1 Å². The van der Waals surface area contributed by atoms with Crippen molar-refractivity contribution in [2.24, 2.45) is 0 Å². The molecule has 1 N–H and O–H groups in total. The molecule has 3 rings (SSSR count). The third kappa shape index (κ3) is 4.15. The first-order chi connectivity index (χ1) is 11.4. The Morgan fingerprint density at radius 1 is 1.25 bits per heavy atom. The molecule has 0 bridgehead atoms. The molecule has 24 heavy (non-hydrogen) atoms. The number of anilines is 1. The fourth-order valence-corrected chi connectivity index (χ4v) is 4.18. The van der Waals surface area contributed by atoms with Crippen molar-refractivity contribution in [1.82, 2.24) is 4.90 Å². The fourth-order valence-electron chi connectivity index (χ4n) is 2.32. The maximum Gasteiger partial charge on any atom is 0.573 e. The predicted molar refractivity (Wildman–Crippen MR) is 88.4 cm³/mol. The number of thiophene rings is 1. The molecule has 1 fully saturated rings. The first-order valence-electron chi connectivity index (χ1n) is 7.01. The third-order valence-electron chi connectivity index (χ3n) is 3.30. The molecule has 0 unspecified atom stereocenters. The number of halogens is 3. The Balaban J connectivity index is 1.69. The number of nitrogens with one attached hydrogen (secondary N) is 1. The van der Waals surface area contributed by atoms with Gasteiger partial charge in [0.05, 0.1) is 5.00 Å². The van der Waals surface area contributed by atoms with E-state index in [1.807, 2.05) is 17.5 Å². The van der Waals surface area contributed by atoms with Crippen LogP contribution in [0.1, 0.15) is 10.9 Å². The van der Waals surface area contributed by atoms with Crippen molar-refractivity contribution in [2.75, 3.05) is 17.6 Å². The summed E-state index contributed by atoms with van der Waals surface area (Å²) in [4.78, 5) is 14.1. The number of ether oxygens (including phenoxy) is 1. The number of nitrogens with zero attached hydrogens (tertiary/aromatic N) is 1. The first-order valence-corrected chi connectivity index (χ1v) is 8.94. The largest absolute Gasteiger partial charge is 0.573 e. The highest BCUT2D eigenvalue weighted by atomic mass is 32.2. The van der Waals surface area contributed by atoms with E-state index in [-0.39, 0.29) is 17.2 Å². The molecule has 128 valence electrons. The van der Waals surface area contributed by atoms with Gasteiger partial charge in [-0.2, -0.15) is 0 Å². The Morgan fingerprint density at radius 2 is 2.00 bits per heavy atom. The quantitative estimate of drug-likeness (QED) is 0.829. The standard InChI is InChI=1S/C15H13F3N2O2S2/c16-15(17,18)22-11-5-3-10(4-6-11)13-20(7-9-24-13)14(21)19-12-2-1-8-23-12/h1-6,8,13H,7,9H2,(H,19,21)/t13-/m1/s1. The van der Waals surface area contributed by atoms with Crippen LogP contribution in [0.15, 0.2) is 41.8 Å². The predicted octanol–water partition coefficient (Wildman–Crippen LogP) is 4.93. The molecular weight excluding hydrogens is 361 g/mol. The van der Waals surface area contributed by atoms with Crippen LogP contribution < -0.4 is 10.1 Å². The summed E-state index contributed by atoms with van der Waals surface area (Å²) in [6.07, 6.45) is -4.71. The summed E-state index contributed by atoms with van der Waals surface area (Å²) in [7, 11) is 0. The van der Waals surface area contributed by atoms with E-state index >= 15 is 0 Å². The molecule has 2 aromatic rings. The molecule has 0 aliphatic carbocycles. The molecular formula is C15H13F3N2O2S2. The highest BCUT2D eigenvalue weighted by Gasteiger charge is 2.33. The highest BCUT2D eigenvalue weighted by molar-refractivity contribution is 7.99. The number of hydrogen-bond donors (Lipinski definition) is 1. The molecule has 0 radical (unpaired) electrons. The van der Waals surface area contributed by atoms with Gasteiger partial charge in [-0.1, -0.05) is 12.1 Å². The lowest BCUT2D eigenvalue weighted by Gasteiger charge is -2.24. The number of alkyl halides is 3. The van der Waals surface area contributed by atoms with Crippen LogP contribution in [0.5, 0.6) is 5.75 Å². The van der Waals surface area contributed by atoms with Crippen LogP contribution in [-0.4, -0.2) is 29.6 Å². The van der Waals surface area contributed by atoms with Gasteiger partial charge < -0.3 is 9.64 Å². The van der Waals surface area contributed by atoms with Crippen molar-refractivity contribution >= 4 is 34.1 Å². The van der Waals surface area contributed by atoms with E-state index in [1.165, 1.54) is 23.5 Å². The zero-order valence-electron chi connectivity index (χ0n) is 12.2. The molecule has 0 saturated carbocycles. The number of rotatable bonds is 3. The molecule has 1 aliphatic rings. The number of carbonyl (C=O) groups is 1. The zero-order valence-corrected chi connectivity index (χ0v) is 13.9. The van der Waals surface area contributed by atoms with Crippen molar-refractivity contribution in [3.8, 4) is 5.75 Å². The molecule has 4 nitrogen and oxygen atoms in total. The van der Waals surface area contributed by atoms with E-state index in [9.17, 15) is 18.0 Å². The lowest BCUT2D eigenvalue weighted by atomic mass is 10.2.